The number of aryl methyl sites for hydroxylation is 4. The molecule has 8 nitrogen and oxygen atoms in total. The number of amides is 1. The summed E-state index contributed by atoms with van der Waals surface area (Å²) in [6.45, 7) is 11.8. The third kappa shape index (κ3) is 4.33. The van der Waals surface area contributed by atoms with E-state index in [1.807, 2.05) is 25.7 Å². The first kappa shape index (κ1) is 22.9. The van der Waals surface area contributed by atoms with Crippen molar-refractivity contribution in [2.75, 3.05) is 26.2 Å². The first-order valence-electron chi connectivity index (χ1n) is 11.0. The van der Waals surface area contributed by atoms with E-state index in [4.69, 9.17) is 11.6 Å². The quantitative estimate of drug-likeness (QED) is 0.588. The van der Waals surface area contributed by atoms with Gasteiger partial charge in [-0.3, -0.25) is 19.2 Å². The number of carbonyl (C=O) groups excluding carboxylic acids is 1. The van der Waals surface area contributed by atoms with Gasteiger partial charge in [0.2, 0.25) is 0 Å². The number of piperazine rings is 1. The molecule has 1 amide bonds. The molecule has 1 saturated heterocycles. The standard InChI is InChI=1S/C22H29ClN6O2S/c1-5-6-7-29-19(23)18(14(3)26-29)22(31)28-10-8-27(9-11-28)12-16-24-20(30)17-13(2)15(4)32-21(17)25-16/h5-12H2,1-4H3,(H,24,25,30). The molecule has 1 aliphatic rings. The second kappa shape index (κ2) is 9.33. The topological polar surface area (TPSA) is 87.1 Å². The summed E-state index contributed by atoms with van der Waals surface area (Å²) in [4.78, 5) is 39.2. The molecule has 0 atom stereocenters. The van der Waals surface area contributed by atoms with Gasteiger partial charge in [0.25, 0.3) is 11.5 Å². The lowest BCUT2D eigenvalue weighted by molar-refractivity contribution is 0.0625. The van der Waals surface area contributed by atoms with Gasteiger partial charge in [-0.05, 0) is 32.8 Å². The highest BCUT2D eigenvalue weighted by Crippen LogP contribution is 2.26. The Labute approximate surface area is 196 Å². The molecule has 0 bridgehead atoms. The van der Waals surface area contributed by atoms with E-state index in [1.165, 1.54) is 0 Å². The molecule has 0 radical (unpaired) electrons. The van der Waals surface area contributed by atoms with Crippen LogP contribution in [0, 0.1) is 20.8 Å². The molecule has 0 unspecified atom stereocenters. The Kier molecular flexibility index (Phi) is 6.69. The van der Waals surface area contributed by atoms with Gasteiger partial charge in [0.05, 0.1) is 23.2 Å². The van der Waals surface area contributed by atoms with Crippen molar-refractivity contribution in [2.45, 2.75) is 53.6 Å². The smallest absolute Gasteiger partial charge is 0.259 e. The summed E-state index contributed by atoms with van der Waals surface area (Å²) < 4.78 is 1.73. The molecule has 1 aliphatic heterocycles. The van der Waals surface area contributed by atoms with E-state index in [2.05, 4.69) is 26.9 Å². The molecular formula is C22H29ClN6O2S. The number of nitrogens with one attached hydrogen (secondary N) is 1. The molecule has 3 aromatic rings. The average Bonchev–Trinajstić information content (AvgIpc) is 3.21. The number of fused-ring (bicyclic) bond motifs is 1. The Morgan fingerprint density at radius 1 is 1.19 bits per heavy atom. The summed E-state index contributed by atoms with van der Waals surface area (Å²) >= 11 is 8.05. The van der Waals surface area contributed by atoms with Crippen molar-refractivity contribution in [3.8, 4) is 0 Å². The minimum Gasteiger partial charge on any atom is -0.336 e. The summed E-state index contributed by atoms with van der Waals surface area (Å²) in [7, 11) is 0. The van der Waals surface area contributed by atoms with Crippen molar-refractivity contribution in [3.63, 3.8) is 0 Å². The molecule has 3 aromatic heterocycles. The fourth-order valence-corrected chi connectivity index (χ4v) is 5.49. The zero-order valence-corrected chi connectivity index (χ0v) is 20.6. The van der Waals surface area contributed by atoms with Gasteiger partial charge in [-0.2, -0.15) is 5.10 Å². The van der Waals surface area contributed by atoms with Crippen molar-refractivity contribution in [1.82, 2.24) is 29.5 Å². The number of aromatic nitrogens is 4. The van der Waals surface area contributed by atoms with Crippen molar-refractivity contribution in [3.05, 3.63) is 43.0 Å². The van der Waals surface area contributed by atoms with Crippen LogP contribution in [-0.2, 0) is 13.1 Å². The number of unbranched alkanes of at least 4 members (excludes halogenated alkanes) is 1. The number of hydrogen-bond donors (Lipinski definition) is 1. The van der Waals surface area contributed by atoms with Crippen molar-refractivity contribution >= 4 is 39.1 Å². The Hall–Kier alpha value is -2.23. The van der Waals surface area contributed by atoms with Gasteiger partial charge >= 0.3 is 0 Å². The number of aromatic amines is 1. The highest BCUT2D eigenvalue weighted by atomic mass is 35.5. The van der Waals surface area contributed by atoms with Gasteiger partial charge < -0.3 is 9.88 Å². The van der Waals surface area contributed by atoms with Crippen LogP contribution in [0.1, 0.15) is 52.1 Å². The van der Waals surface area contributed by atoms with Crippen LogP contribution in [0.5, 0.6) is 0 Å². The van der Waals surface area contributed by atoms with Crippen LogP contribution in [0.25, 0.3) is 10.2 Å². The number of thiophene rings is 1. The maximum absolute atomic E-state index is 13.1. The summed E-state index contributed by atoms with van der Waals surface area (Å²) in [6, 6.07) is 0. The van der Waals surface area contributed by atoms with Crippen LogP contribution in [-0.4, -0.2) is 61.6 Å². The minimum atomic E-state index is -0.0779. The number of H-pyrrole nitrogens is 1. The van der Waals surface area contributed by atoms with E-state index in [0.717, 1.165) is 34.7 Å². The van der Waals surface area contributed by atoms with Crippen molar-refractivity contribution in [2.24, 2.45) is 0 Å². The van der Waals surface area contributed by atoms with Crippen molar-refractivity contribution in [1.29, 1.82) is 0 Å². The lowest BCUT2D eigenvalue weighted by Crippen LogP contribution is -2.48. The molecule has 1 N–H and O–H groups in total. The predicted octanol–water partition coefficient (Wildman–Crippen LogP) is 3.52. The fourth-order valence-electron chi connectivity index (χ4n) is 4.11. The Morgan fingerprint density at radius 2 is 1.91 bits per heavy atom. The average molecular weight is 477 g/mol. The minimum absolute atomic E-state index is 0.0626. The monoisotopic (exact) mass is 476 g/mol. The summed E-state index contributed by atoms with van der Waals surface area (Å²) in [5.74, 6) is 0.604. The Balaban J connectivity index is 1.41. The summed E-state index contributed by atoms with van der Waals surface area (Å²) in [5, 5.41) is 5.58. The lowest BCUT2D eigenvalue weighted by Gasteiger charge is -2.34. The van der Waals surface area contributed by atoms with Crippen molar-refractivity contribution < 1.29 is 4.79 Å². The molecule has 0 aromatic carbocycles. The molecule has 0 saturated carbocycles. The molecule has 4 heterocycles. The predicted molar refractivity (Wildman–Crippen MR) is 128 cm³/mol. The number of halogens is 1. The Bertz CT molecular complexity index is 1210. The molecule has 4 rings (SSSR count). The second-order valence-electron chi connectivity index (χ2n) is 8.37. The number of carbonyl (C=O) groups is 1. The molecule has 0 spiro atoms. The fraction of sp³-hybridized carbons (Fsp3) is 0.545. The van der Waals surface area contributed by atoms with E-state index in [1.54, 1.807) is 16.0 Å². The number of rotatable bonds is 6. The SMILES string of the molecule is CCCCn1nc(C)c(C(=O)N2CCN(Cc3nc4sc(C)c(C)c4c(=O)[nH]3)CC2)c1Cl. The summed E-state index contributed by atoms with van der Waals surface area (Å²) in [6.07, 6.45) is 2.01. The van der Waals surface area contributed by atoms with E-state index in [-0.39, 0.29) is 11.5 Å². The highest BCUT2D eigenvalue weighted by molar-refractivity contribution is 7.18. The molecular weight excluding hydrogens is 448 g/mol. The normalized spacial score (nSPS) is 15.1. The third-order valence-electron chi connectivity index (χ3n) is 6.12. The largest absolute Gasteiger partial charge is 0.336 e. The summed E-state index contributed by atoms with van der Waals surface area (Å²) in [5.41, 5.74) is 2.11. The lowest BCUT2D eigenvalue weighted by atomic mass is 10.2. The number of hydrogen-bond acceptors (Lipinski definition) is 6. The van der Waals surface area contributed by atoms with E-state index < -0.39 is 0 Å². The van der Waals surface area contributed by atoms with E-state index in [9.17, 15) is 9.59 Å². The molecule has 10 heteroatoms. The van der Waals surface area contributed by atoms with Gasteiger partial charge in [-0.1, -0.05) is 24.9 Å². The maximum Gasteiger partial charge on any atom is 0.259 e. The van der Waals surface area contributed by atoms with Crippen LogP contribution in [0.4, 0.5) is 0 Å². The molecule has 172 valence electrons. The first-order valence-corrected chi connectivity index (χ1v) is 12.2. The molecule has 1 fully saturated rings. The van der Waals surface area contributed by atoms with E-state index in [0.29, 0.717) is 60.3 Å². The van der Waals surface area contributed by atoms with Crippen LogP contribution in [0.2, 0.25) is 5.15 Å². The third-order valence-corrected chi connectivity index (χ3v) is 7.61. The first-order chi connectivity index (χ1) is 15.3. The van der Waals surface area contributed by atoms with Crippen LogP contribution >= 0.6 is 22.9 Å². The van der Waals surface area contributed by atoms with Crippen LogP contribution < -0.4 is 5.56 Å². The van der Waals surface area contributed by atoms with Crippen LogP contribution in [0.3, 0.4) is 0 Å². The zero-order chi connectivity index (χ0) is 23.0. The highest BCUT2D eigenvalue weighted by Gasteiger charge is 2.28. The van der Waals surface area contributed by atoms with E-state index >= 15 is 0 Å². The van der Waals surface area contributed by atoms with Gasteiger partial charge in [0, 0.05) is 37.6 Å². The van der Waals surface area contributed by atoms with Gasteiger partial charge in [-0.15, -0.1) is 11.3 Å². The van der Waals surface area contributed by atoms with Gasteiger partial charge in [0.15, 0.2) is 0 Å². The van der Waals surface area contributed by atoms with Gasteiger partial charge in [0.1, 0.15) is 15.8 Å². The van der Waals surface area contributed by atoms with Gasteiger partial charge in [-0.25, -0.2) is 4.98 Å². The molecule has 32 heavy (non-hydrogen) atoms. The second-order valence-corrected chi connectivity index (χ2v) is 9.93. The molecule has 0 aliphatic carbocycles. The zero-order valence-electron chi connectivity index (χ0n) is 19.0. The van der Waals surface area contributed by atoms with Crippen LogP contribution in [0.15, 0.2) is 4.79 Å². The Morgan fingerprint density at radius 3 is 2.59 bits per heavy atom. The maximum atomic E-state index is 13.1. The number of nitrogens with zero attached hydrogens (tertiary/aromatic N) is 5.